The number of hydrogen-bond donors (Lipinski definition) is 2. The highest BCUT2D eigenvalue weighted by atomic mass is 16.1. The highest BCUT2D eigenvalue weighted by Crippen LogP contribution is 2.23. The lowest BCUT2D eigenvalue weighted by Crippen LogP contribution is -2.03. The molecule has 0 unspecified atom stereocenters. The molecule has 0 fully saturated rings. The summed E-state index contributed by atoms with van der Waals surface area (Å²) in [6.45, 7) is 1.53. The van der Waals surface area contributed by atoms with Crippen molar-refractivity contribution in [2.24, 2.45) is 0 Å². The predicted molar refractivity (Wildman–Crippen MR) is 105 cm³/mol. The standard InChI is InChI=1S/C20H16N6O/c1-13(27)15-6-2-8-16(11-15)23-18-12-22-26-20(25-18)24-17-9-3-5-14-7-4-10-21-19(14)17/h2-12H,1H3,(H2,23,24,25,26). The van der Waals surface area contributed by atoms with Crippen molar-refractivity contribution in [3.63, 3.8) is 0 Å². The molecule has 4 rings (SSSR count). The zero-order valence-corrected chi connectivity index (χ0v) is 14.5. The van der Waals surface area contributed by atoms with Crippen molar-refractivity contribution in [3.8, 4) is 0 Å². The minimum Gasteiger partial charge on any atom is -0.339 e. The molecule has 2 N–H and O–H groups in total. The van der Waals surface area contributed by atoms with Gasteiger partial charge in [0.2, 0.25) is 5.95 Å². The van der Waals surface area contributed by atoms with Gasteiger partial charge in [-0.15, -0.1) is 5.10 Å². The minimum absolute atomic E-state index is 0.00488. The number of carbonyl (C=O) groups is 1. The quantitative estimate of drug-likeness (QED) is 0.520. The summed E-state index contributed by atoms with van der Waals surface area (Å²) in [6.07, 6.45) is 3.26. The molecule has 2 aromatic heterocycles. The number of para-hydroxylation sites is 1. The third-order valence-electron chi connectivity index (χ3n) is 3.98. The number of fused-ring (bicyclic) bond motifs is 1. The number of ketones is 1. The number of anilines is 4. The first-order valence-electron chi connectivity index (χ1n) is 8.37. The van der Waals surface area contributed by atoms with E-state index in [1.807, 2.05) is 42.5 Å². The number of nitrogens with zero attached hydrogens (tertiary/aromatic N) is 4. The first-order chi connectivity index (χ1) is 13.2. The van der Waals surface area contributed by atoms with E-state index in [2.05, 4.69) is 30.8 Å². The van der Waals surface area contributed by atoms with Gasteiger partial charge in [-0.05, 0) is 31.2 Å². The van der Waals surface area contributed by atoms with Crippen LogP contribution in [0.1, 0.15) is 17.3 Å². The molecule has 0 bridgehead atoms. The second kappa shape index (κ2) is 7.17. The van der Waals surface area contributed by atoms with Crippen LogP contribution in [0.25, 0.3) is 10.9 Å². The molecule has 0 atom stereocenters. The van der Waals surface area contributed by atoms with Crippen LogP contribution in [0.2, 0.25) is 0 Å². The lowest BCUT2D eigenvalue weighted by atomic mass is 10.1. The molecule has 0 aliphatic rings. The van der Waals surface area contributed by atoms with E-state index < -0.39 is 0 Å². The molecule has 0 radical (unpaired) electrons. The summed E-state index contributed by atoms with van der Waals surface area (Å²) < 4.78 is 0. The summed E-state index contributed by atoms with van der Waals surface area (Å²) in [5, 5.41) is 15.3. The van der Waals surface area contributed by atoms with Crippen molar-refractivity contribution in [1.29, 1.82) is 0 Å². The lowest BCUT2D eigenvalue weighted by molar-refractivity contribution is 0.101. The molecular weight excluding hydrogens is 340 g/mol. The van der Waals surface area contributed by atoms with Crippen LogP contribution >= 0.6 is 0 Å². The number of carbonyl (C=O) groups excluding carboxylic acids is 1. The number of Topliss-reactive ketones (excluding diaryl/α,β-unsaturated/α-hetero) is 1. The Kier molecular flexibility index (Phi) is 4.40. The number of hydrogen-bond acceptors (Lipinski definition) is 7. The van der Waals surface area contributed by atoms with E-state index >= 15 is 0 Å². The number of benzene rings is 2. The molecule has 27 heavy (non-hydrogen) atoms. The maximum atomic E-state index is 11.5. The zero-order chi connectivity index (χ0) is 18.6. The maximum absolute atomic E-state index is 11.5. The number of rotatable bonds is 5. The SMILES string of the molecule is CC(=O)c1cccc(Nc2cnnc(Nc3cccc4cccnc34)n2)c1. The molecule has 0 aliphatic heterocycles. The van der Waals surface area contributed by atoms with Crippen LogP contribution < -0.4 is 10.6 Å². The van der Waals surface area contributed by atoms with Crippen molar-refractivity contribution in [2.45, 2.75) is 6.92 Å². The van der Waals surface area contributed by atoms with Gasteiger partial charge >= 0.3 is 0 Å². The van der Waals surface area contributed by atoms with Crippen molar-refractivity contribution in [3.05, 3.63) is 72.6 Å². The third-order valence-corrected chi connectivity index (χ3v) is 3.98. The van der Waals surface area contributed by atoms with E-state index in [0.717, 1.165) is 22.3 Å². The summed E-state index contributed by atoms with van der Waals surface area (Å²) >= 11 is 0. The summed E-state index contributed by atoms with van der Waals surface area (Å²) in [5.74, 6) is 0.868. The molecule has 0 saturated carbocycles. The molecule has 0 saturated heterocycles. The smallest absolute Gasteiger partial charge is 0.249 e. The van der Waals surface area contributed by atoms with Crippen LogP contribution in [0.3, 0.4) is 0 Å². The summed E-state index contributed by atoms with van der Waals surface area (Å²) in [7, 11) is 0. The molecule has 132 valence electrons. The minimum atomic E-state index is 0.00488. The fourth-order valence-electron chi connectivity index (χ4n) is 2.71. The Balaban J connectivity index is 1.59. The van der Waals surface area contributed by atoms with Crippen molar-refractivity contribution in [1.82, 2.24) is 20.2 Å². The monoisotopic (exact) mass is 356 g/mol. The van der Waals surface area contributed by atoms with Crippen LogP contribution in [0, 0.1) is 0 Å². The first-order valence-corrected chi connectivity index (χ1v) is 8.37. The molecule has 0 spiro atoms. The first kappa shape index (κ1) is 16.6. The van der Waals surface area contributed by atoms with Crippen molar-refractivity contribution in [2.75, 3.05) is 10.6 Å². The van der Waals surface area contributed by atoms with Gasteiger partial charge in [0.05, 0.1) is 17.4 Å². The average molecular weight is 356 g/mol. The molecule has 0 amide bonds. The second-order valence-electron chi connectivity index (χ2n) is 5.93. The summed E-state index contributed by atoms with van der Waals surface area (Å²) in [4.78, 5) is 20.4. The van der Waals surface area contributed by atoms with Gasteiger partial charge in [0, 0.05) is 22.8 Å². The van der Waals surface area contributed by atoms with E-state index in [1.54, 1.807) is 18.3 Å². The van der Waals surface area contributed by atoms with Gasteiger partial charge in [-0.2, -0.15) is 10.1 Å². The number of pyridine rings is 1. The highest BCUT2D eigenvalue weighted by molar-refractivity contribution is 5.95. The Labute approximate surface area is 155 Å². The van der Waals surface area contributed by atoms with Crippen LogP contribution in [-0.2, 0) is 0 Å². The van der Waals surface area contributed by atoms with Gasteiger partial charge in [-0.1, -0.05) is 30.3 Å². The molecule has 0 aliphatic carbocycles. The Morgan fingerprint density at radius 2 is 1.85 bits per heavy atom. The van der Waals surface area contributed by atoms with E-state index in [9.17, 15) is 4.79 Å². The number of nitrogens with one attached hydrogen (secondary N) is 2. The lowest BCUT2D eigenvalue weighted by Gasteiger charge is -2.09. The van der Waals surface area contributed by atoms with E-state index in [-0.39, 0.29) is 5.78 Å². The molecular formula is C20H16N6O. The van der Waals surface area contributed by atoms with Gasteiger partial charge in [-0.25, -0.2) is 0 Å². The fourth-order valence-corrected chi connectivity index (χ4v) is 2.71. The van der Waals surface area contributed by atoms with Crippen molar-refractivity contribution >= 4 is 39.8 Å². The van der Waals surface area contributed by atoms with Crippen molar-refractivity contribution < 1.29 is 4.79 Å². The molecule has 2 aromatic carbocycles. The molecule has 2 heterocycles. The van der Waals surface area contributed by atoms with Crippen LogP contribution in [0.4, 0.5) is 23.1 Å². The number of aromatic nitrogens is 4. The van der Waals surface area contributed by atoms with Gasteiger partial charge in [0.1, 0.15) is 0 Å². The topological polar surface area (TPSA) is 92.7 Å². The van der Waals surface area contributed by atoms with Crippen LogP contribution in [0.5, 0.6) is 0 Å². The van der Waals surface area contributed by atoms with Crippen LogP contribution in [-0.4, -0.2) is 25.9 Å². The Morgan fingerprint density at radius 3 is 2.74 bits per heavy atom. The van der Waals surface area contributed by atoms with Gasteiger partial charge in [-0.3, -0.25) is 9.78 Å². The largest absolute Gasteiger partial charge is 0.339 e. The van der Waals surface area contributed by atoms with E-state index in [0.29, 0.717) is 17.3 Å². The molecule has 7 heteroatoms. The van der Waals surface area contributed by atoms with Gasteiger partial charge in [0.15, 0.2) is 11.6 Å². The fraction of sp³-hybridized carbons (Fsp3) is 0.0500. The third kappa shape index (κ3) is 3.72. The molecule has 4 aromatic rings. The zero-order valence-electron chi connectivity index (χ0n) is 14.5. The Hall–Kier alpha value is -3.87. The van der Waals surface area contributed by atoms with E-state index in [1.165, 1.54) is 13.1 Å². The van der Waals surface area contributed by atoms with Crippen LogP contribution in [0.15, 0.2) is 67.0 Å². The second-order valence-corrected chi connectivity index (χ2v) is 5.93. The summed E-state index contributed by atoms with van der Waals surface area (Å²) in [5.41, 5.74) is 3.00. The van der Waals surface area contributed by atoms with Gasteiger partial charge in [0.25, 0.3) is 0 Å². The van der Waals surface area contributed by atoms with E-state index in [4.69, 9.17) is 0 Å². The summed E-state index contributed by atoms with van der Waals surface area (Å²) in [6, 6.07) is 16.9. The predicted octanol–water partition coefficient (Wildman–Crippen LogP) is 4.11. The average Bonchev–Trinajstić information content (AvgIpc) is 2.69. The van der Waals surface area contributed by atoms with Gasteiger partial charge < -0.3 is 10.6 Å². The highest BCUT2D eigenvalue weighted by Gasteiger charge is 2.07. The normalized spacial score (nSPS) is 10.6. The Morgan fingerprint density at radius 1 is 1.00 bits per heavy atom. The maximum Gasteiger partial charge on any atom is 0.249 e. The Bertz CT molecular complexity index is 1120. The molecule has 7 nitrogen and oxygen atoms in total.